The second kappa shape index (κ2) is 6.23. The van der Waals surface area contributed by atoms with E-state index in [1.165, 1.54) is 12.1 Å². The topological polar surface area (TPSA) is 12.0 Å². The first-order chi connectivity index (χ1) is 8.59. The van der Waals surface area contributed by atoms with Crippen molar-refractivity contribution in [2.24, 2.45) is 0 Å². The Morgan fingerprint density at radius 1 is 1.06 bits per heavy atom. The van der Waals surface area contributed by atoms with Crippen LogP contribution >= 0.6 is 43.2 Å². The van der Waals surface area contributed by atoms with Gasteiger partial charge in [0.15, 0.2) is 0 Å². The standard InChI is InChI=1S/C12H9Br2F2NS/c13-8-3-4-18-11(8)6-17-5-7-10(15)2-1-9(14)12(7)16/h1-4,17H,5-6H2. The van der Waals surface area contributed by atoms with Crippen LogP contribution < -0.4 is 5.32 Å². The molecule has 1 aromatic heterocycles. The highest BCUT2D eigenvalue weighted by Crippen LogP contribution is 2.24. The van der Waals surface area contributed by atoms with Crippen LogP contribution in [0.3, 0.4) is 0 Å². The van der Waals surface area contributed by atoms with Crippen molar-refractivity contribution in [1.29, 1.82) is 0 Å². The van der Waals surface area contributed by atoms with E-state index in [2.05, 4.69) is 37.2 Å². The Balaban J connectivity index is 2.03. The van der Waals surface area contributed by atoms with Gasteiger partial charge in [0.2, 0.25) is 0 Å². The first-order valence-corrected chi connectivity index (χ1v) is 7.61. The van der Waals surface area contributed by atoms with Gasteiger partial charge in [-0.25, -0.2) is 8.78 Å². The fourth-order valence-corrected chi connectivity index (χ4v) is 3.32. The van der Waals surface area contributed by atoms with Crippen LogP contribution in [0.2, 0.25) is 0 Å². The summed E-state index contributed by atoms with van der Waals surface area (Å²) in [5, 5.41) is 4.99. The Bertz CT molecular complexity index is 557. The van der Waals surface area contributed by atoms with E-state index in [9.17, 15) is 8.78 Å². The van der Waals surface area contributed by atoms with Crippen molar-refractivity contribution in [2.45, 2.75) is 13.1 Å². The second-order valence-electron chi connectivity index (χ2n) is 3.62. The van der Waals surface area contributed by atoms with Crippen molar-refractivity contribution in [3.05, 3.63) is 54.6 Å². The number of hydrogen-bond donors (Lipinski definition) is 1. The second-order valence-corrected chi connectivity index (χ2v) is 6.33. The largest absolute Gasteiger partial charge is 0.308 e. The molecule has 0 aliphatic rings. The summed E-state index contributed by atoms with van der Waals surface area (Å²) >= 11 is 8.05. The Morgan fingerprint density at radius 3 is 2.50 bits per heavy atom. The van der Waals surface area contributed by atoms with Crippen LogP contribution in [0, 0.1) is 11.6 Å². The normalized spacial score (nSPS) is 10.9. The lowest BCUT2D eigenvalue weighted by Crippen LogP contribution is -2.14. The van der Waals surface area contributed by atoms with E-state index in [0.717, 1.165) is 9.35 Å². The minimum absolute atomic E-state index is 0.0528. The summed E-state index contributed by atoms with van der Waals surface area (Å²) < 4.78 is 28.4. The molecule has 0 saturated heterocycles. The minimum Gasteiger partial charge on any atom is -0.308 e. The van der Waals surface area contributed by atoms with Crippen LogP contribution in [0.15, 0.2) is 32.5 Å². The number of halogens is 4. The highest BCUT2D eigenvalue weighted by atomic mass is 79.9. The molecule has 0 amide bonds. The van der Waals surface area contributed by atoms with Crippen molar-refractivity contribution >= 4 is 43.2 Å². The maximum Gasteiger partial charge on any atom is 0.144 e. The van der Waals surface area contributed by atoms with Crippen LogP contribution in [0.25, 0.3) is 0 Å². The highest BCUT2D eigenvalue weighted by molar-refractivity contribution is 9.10. The third kappa shape index (κ3) is 3.17. The predicted octanol–water partition coefficient (Wildman–Crippen LogP) is 4.84. The molecule has 0 radical (unpaired) electrons. The van der Waals surface area contributed by atoms with Gasteiger partial charge in [-0.2, -0.15) is 0 Å². The van der Waals surface area contributed by atoms with Gasteiger partial charge < -0.3 is 5.32 Å². The van der Waals surface area contributed by atoms with Gasteiger partial charge in [-0.3, -0.25) is 0 Å². The van der Waals surface area contributed by atoms with Gasteiger partial charge in [-0.1, -0.05) is 0 Å². The molecule has 2 rings (SSSR count). The van der Waals surface area contributed by atoms with E-state index >= 15 is 0 Å². The fourth-order valence-electron chi connectivity index (χ4n) is 1.48. The van der Waals surface area contributed by atoms with Crippen LogP contribution in [0.4, 0.5) is 8.78 Å². The summed E-state index contributed by atoms with van der Waals surface area (Å²) in [5.74, 6) is -1.08. The lowest BCUT2D eigenvalue weighted by atomic mass is 10.2. The molecule has 6 heteroatoms. The Kier molecular flexibility index (Phi) is 4.89. The van der Waals surface area contributed by atoms with Gasteiger partial charge in [-0.15, -0.1) is 11.3 Å². The molecule has 96 valence electrons. The highest BCUT2D eigenvalue weighted by Gasteiger charge is 2.12. The van der Waals surface area contributed by atoms with Crippen LogP contribution in [-0.2, 0) is 13.1 Å². The van der Waals surface area contributed by atoms with Crippen molar-refractivity contribution < 1.29 is 8.78 Å². The summed E-state index contributed by atoms with van der Waals surface area (Å²) in [6.07, 6.45) is 0. The quantitative estimate of drug-likeness (QED) is 0.729. The molecule has 0 fully saturated rings. The molecule has 0 bridgehead atoms. The lowest BCUT2D eigenvalue weighted by molar-refractivity contribution is 0.532. The monoisotopic (exact) mass is 395 g/mol. The van der Waals surface area contributed by atoms with Gasteiger partial charge in [0.1, 0.15) is 11.6 Å². The minimum atomic E-state index is -0.548. The molecule has 0 aliphatic heterocycles. The van der Waals surface area contributed by atoms with E-state index in [0.29, 0.717) is 6.54 Å². The molecular formula is C12H9Br2F2NS. The van der Waals surface area contributed by atoms with Crippen molar-refractivity contribution in [1.82, 2.24) is 5.32 Å². The van der Waals surface area contributed by atoms with Gasteiger partial charge in [0.25, 0.3) is 0 Å². The molecule has 1 N–H and O–H groups in total. The lowest BCUT2D eigenvalue weighted by Gasteiger charge is -2.08. The third-order valence-electron chi connectivity index (χ3n) is 2.42. The molecule has 0 atom stereocenters. The van der Waals surface area contributed by atoms with E-state index in [-0.39, 0.29) is 16.6 Å². The molecule has 2 aromatic rings. The van der Waals surface area contributed by atoms with E-state index in [1.807, 2.05) is 11.4 Å². The molecule has 1 aromatic carbocycles. The molecule has 1 heterocycles. The number of nitrogens with one attached hydrogen (secondary N) is 1. The van der Waals surface area contributed by atoms with Crippen molar-refractivity contribution in [2.75, 3.05) is 0 Å². The van der Waals surface area contributed by atoms with Crippen molar-refractivity contribution in [3.8, 4) is 0 Å². The van der Waals surface area contributed by atoms with E-state index in [4.69, 9.17) is 0 Å². The fraction of sp³-hybridized carbons (Fsp3) is 0.167. The first kappa shape index (κ1) is 14.1. The predicted molar refractivity (Wildman–Crippen MR) is 76.6 cm³/mol. The number of thiophene rings is 1. The molecule has 0 aliphatic carbocycles. The molecule has 0 unspecified atom stereocenters. The first-order valence-electron chi connectivity index (χ1n) is 5.14. The molecule has 0 spiro atoms. The smallest absolute Gasteiger partial charge is 0.144 e. The average Bonchev–Trinajstić information content (AvgIpc) is 2.74. The summed E-state index contributed by atoms with van der Waals surface area (Å²) in [6, 6.07) is 4.57. The summed E-state index contributed by atoms with van der Waals surface area (Å²) in [7, 11) is 0. The van der Waals surface area contributed by atoms with Gasteiger partial charge >= 0.3 is 0 Å². The average molecular weight is 397 g/mol. The van der Waals surface area contributed by atoms with E-state index in [1.54, 1.807) is 11.3 Å². The summed E-state index contributed by atoms with van der Waals surface area (Å²) in [5.41, 5.74) is 0.0528. The zero-order chi connectivity index (χ0) is 13.1. The molecule has 0 saturated carbocycles. The van der Waals surface area contributed by atoms with Gasteiger partial charge in [0.05, 0.1) is 4.47 Å². The van der Waals surface area contributed by atoms with Crippen LogP contribution in [-0.4, -0.2) is 0 Å². The number of benzene rings is 1. The molecule has 1 nitrogen and oxygen atoms in total. The third-order valence-corrected chi connectivity index (χ3v) is 4.96. The maximum absolute atomic E-state index is 13.7. The molecular weight excluding hydrogens is 388 g/mol. The van der Waals surface area contributed by atoms with Gasteiger partial charge in [0, 0.05) is 28.0 Å². The van der Waals surface area contributed by atoms with Crippen molar-refractivity contribution in [3.63, 3.8) is 0 Å². The Morgan fingerprint density at radius 2 is 1.83 bits per heavy atom. The summed E-state index contributed by atoms with van der Waals surface area (Å²) in [4.78, 5) is 1.10. The SMILES string of the molecule is Fc1ccc(Br)c(F)c1CNCc1sccc1Br. The van der Waals surface area contributed by atoms with E-state index < -0.39 is 11.6 Å². The Hall–Kier alpha value is -0.300. The summed E-state index contributed by atoms with van der Waals surface area (Å²) in [6.45, 7) is 0.727. The Labute approximate surface area is 124 Å². The molecule has 18 heavy (non-hydrogen) atoms. The van der Waals surface area contributed by atoms with Crippen LogP contribution in [0.5, 0.6) is 0 Å². The van der Waals surface area contributed by atoms with Crippen LogP contribution in [0.1, 0.15) is 10.4 Å². The number of rotatable bonds is 4. The zero-order valence-electron chi connectivity index (χ0n) is 9.14. The van der Waals surface area contributed by atoms with Gasteiger partial charge in [-0.05, 0) is 55.4 Å². The maximum atomic E-state index is 13.7. The number of hydrogen-bond acceptors (Lipinski definition) is 2. The zero-order valence-corrected chi connectivity index (χ0v) is 13.1.